The van der Waals surface area contributed by atoms with E-state index in [9.17, 15) is 10.1 Å². The van der Waals surface area contributed by atoms with E-state index in [-0.39, 0.29) is 5.91 Å². The van der Waals surface area contributed by atoms with Gasteiger partial charge in [0.05, 0.1) is 23.4 Å². The molecule has 0 atom stereocenters. The summed E-state index contributed by atoms with van der Waals surface area (Å²) in [6, 6.07) is 27.0. The van der Waals surface area contributed by atoms with Crippen molar-refractivity contribution in [1.82, 2.24) is 10.3 Å². The number of nitrogens with one attached hydrogen (secondary N) is 1. The van der Waals surface area contributed by atoms with E-state index in [1.54, 1.807) is 12.1 Å². The van der Waals surface area contributed by atoms with Gasteiger partial charge in [-0.1, -0.05) is 66.4 Å². The second kappa shape index (κ2) is 9.40. The van der Waals surface area contributed by atoms with E-state index in [2.05, 4.69) is 16.4 Å². The molecule has 0 saturated carbocycles. The molecule has 0 bridgehead atoms. The molecule has 0 aliphatic heterocycles. The number of benzene rings is 3. The molecule has 6 heteroatoms. The first-order chi connectivity index (χ1) is 14.7. The van der Waals surface area contributed by atoms with Crippen LogP contribution < -0.4 is 5.32 Å². The van der Waals surface area contributed by atoms with Crippen molar-refractivity contribution in [1.29, 1.82) is 5.26 Å². The van der Waals surface area contributed by atoms with Gasteiger partial charge in [0.15, 0.2) is 0 Å². The quantitative estimate of drug-likeness (QED) is 0.425. The van der Waals surface area contributed by atoms with Gasteiger partial charge in [-0.05, 0) is 24.3 Å². The maximum atomic E-state index is 12.8. The smallest absolute Gasteiger partial charge is 0.252 e. The number of rotatable bonds is 6. The third-order valence-corrected chi connectivity index (χ3v) is 6.38. The molecule has 0 aliphatic carbocycles. The Kier molecular flexibility index (Phi) is 6.23. The number of thiazole rings is 1. The van der Waals surface area contributed by atoms with Crippen LogP contribution in [0.3, 0.4) is 0 Å². The van der Waals surface area contributed by atoms with Crippen LogP contribution in [0.2, 0.25) is 0 Å². The average Bonchev–Trinajstić information content (AvgIpc) is 3.28. The minimum absolute atomic E-state index is 0.163. The predicted octanol–water partition coefficient (Wildman–Crippen LogP) is 5.76. The lowest BCUT2D eigenvalue weighted by molar-refractivity contribution is 0.0948. The third-order valence-electron chi connectivity index (χ3n) is 4.38. The Morgan fingerprint density at radius 1 is 0.967 bits per heavy atom. The van der Waals surface area contributed by atoms with Crippen molar-refractivity contribution < 1.29 is 4.79 Å². The van der Waals surface area contributed by atoms with Crippen molar-refractivity contribution in [3.63, 3.8) is 0 Å². The second-order valence-electron chi connectivity index (χ2n) is 6.38. The molecule has 4 aromatic rings. The number of carbonyl (C=O) groups excluding carboxylic acids is 1. The average molecular weight is 428 g/mol. The van der Waals surface area contributed by atoms with Crippen LogP contribution in [-0.4, -0.2) is 10.9 Å². The molecule has 1 N–H and O–H groups in total. The van der Waals surface area contributed by atoms with Crippen molar-refractivity contribution in [3.05, 3.63) is 100 Å². The zero-order chi connectivity index (χ0) is 20.8. The molecule has 146 valence electrons. The summed E-state index contributed by atoms with van der Waals surface area (Å²) in [6.07, 6.45) is 0. The number of aromatic nitrogens is 1. The fourth-order valence-corrected chi connectivity index (χ4v) is 4.66. The van der Waals surface area contributed by atoms with Gasteiger partial charge in [-0.25, -0.2) is 4.98 Å². The molecule has 0 radical (unpaired) electrons. The van der Waals surface area contributed by atoms with Crippen molar-refractivity contribution in [2.24, 2.45) is 0 Å². The van der Waals surface area contributed by atoms with Crippen LogP contribution in [0.4, 0.5) is 0 Å². The van der Waals surface area contributed by atoms with Crippen LogP contribution in [-0.2, 0) is 6.54 Å². The lowest BCUT2D eigenvalue weighted by Gasteiger charge is -2.10. The molecule has 0 unspecified atom stereocenters. The van der Waals surface area contributed by atoms with Gasteiger partial charge >= 0.3 is 0 Å². The van der Waals surface area contributed by atoms with Gasteiger partial charge in [0.1, 0.15) is 11.1 Å². The zero-order valence-corrected chi connectivity index (χ0v) is 17.5. The van der Waals surface area contributed by atoms with E-state index in [0.29, 0.717) is 17.7 Å². The van der Waals surface area contributed by atoms with E-state index < -0.39 is 0 Å². The highest BCUT2D eigenvalue weighted by Gasteiger charge is 2.14. The molecule has 0 aliphatic rings. The normalized spacial score (nSPS) is 10.4. The SMILES string of the molecule is N#Cc1ccccc1Sc1ccccc1C(=O)NCc1nc(-c2ccccc2)cs1. The molecule has 3 aromatic carbocycles. The summed E-state index contributed by atoms with van der Waals surface area (Å²) in [7, 11) is 0. The molecule has 4 rings (SSSR count). The molecule has 0 fully saturated rings. The van der Waals surface area contributed by atoms with Crippen LogP contribution >= 0.6 is 23.1 Å². The van der Waals surface area contributed by atoms with Crippen LogP contribution in [0.25, 0.3) is 11.3 Å². The Bertz CT molecular complexity index is 1210. The standard InChI is InChI=1S/C24H17N3OS2/c25-14-18-10-4-6-12-21(18)30-22-13-7-5-11-19(22)24(28)26-15-23-27-20(16-29-23)17-8-2-1-3-9-17/h1-13,16H,15H2,(H,26,28). The second-order valence-corrected chi connectivity index (χ2v) is 8.41. The molecule has 0 spiro atoms. The number of carbonyl (C=O) groups is 1. The fraction of sp³-hybridized carbons (Fsp3) is 0.0417. The summed E-state index contributed by atoms with van der Waals surface area (Å²) in [4.78, 5) is 19.1. The minimum atomic E-state index is -0.163. The highest BCUT2D eigenvalue weighted by Crippen LogP contribution is 2.32. The Morgan fingerprint density at radius 3 is 2.47 bits per heavy atom. The summed E-state index contributed by atoms with van der Waals surface area (Å²) < 4.78 is 0. The topological polar surface area (TPSA) is 65.8 Å². The number of hydrogen-bond donors (Lipinski definition) is 1. The minimum Gasteiger partial charge on any atom is -0.345 e. The summed E-state index contributed by atoms with van der Waals surface area (Å²) in [5, 5.41) is 15.1. The lowest BCUT2D eigenvalue weighted by atomic mass is 10.2. The zero-order valence-electron chi connectivity index (χ0n) is 15.9. The molecule has 30 heavy (non-hydrogen) atoms. The van der Waals surface area contributed by atoms with E-state index in [1.165, 1.54) is 23.1 Å². The number of hydrogen-bond acceptors (Lipinski definition) is 5. The van der Waals surface area contributed by atoms with Gasteiger partial charge in [-0.3, -0.25) is 4.79 Å². The highest BCUT2D eigenvalue weighted by atomic mass is 32.2. The Balaban J connectivity index is 1.47. The van der Waals surface area contributed by atoms with Gasteiger partial charge in [-0.2, -0.15) is 5.26 Å². The summed E-state index contributed by atoms with van der Waals surface area (Å²) in [6.45, 7) is 0.365. The molecule has 1 heterocycles. The summed E-state index contributed by atoms with van der Waals surface area (Å²) in [5.74, 6) is -0.163. The largest absolute Gasteiger partial charge is 0.345 e. The van der Waals surface area contributed by atoms with Gasteiger partial charge in [0.2, 0.25) is 0 Å². The monoisotopic (exact) mass is 427 g/mol. The van der Waals surface area contributed by atoms with E-state index in [0.717, 1.165) is 26.1 Å². The Labute approximate surface area is 183 Å². The van der Waals surface area contributed by atoms with Crippen molar-refractivity contribution >= 4 is 29.0 Å². The van der Waals surface area contributed by atoms with Crippen LogP contribution in [0.5, 0.6) is 0 Å². The Hall–Kier alpha value is -3.40. The first-order valence-corrected chi connectivity index (χ1v) is 11.0. The van der Waals surface area contributed by atoms with Crippen LogP contribution in [0, 0.1) is 11.3 Å². The van der Waals surface area contributed by atoms with Crippen LogP contribution in [0.15, 0.2) is 94.0 Å². The van der Waals surface area contributed by atoms with Gasteiger partial charge in [0.25, 0.3) is 5.91 Å². The van der Waals surface area contributed by atoms with Crippen LogP contribution in [0.1, 0.15) is 20.9 Å². The third kappa shape index (κ3) is 4.60. The van der Waals surface area contributed by atoms with Gasteiger partial charge in [0, 0.05) is 20.7 Å². The maximum absolute atomic E-state index is 12.8. The van der Waals surface area contributed by atoms with Gasteiger partial charge < -0.3 is 5.32 Å². The number of nitrogens with zero attached hydrogens (tertiary/aromatic N) is 2. The first-order valence-electron chi connectivity index (χ1n) is 9.28. The molecule has 0 saturated heterocycles. The summed E-state index contributed by atoms with van der Waals surface area (Å²) >= 11 is 2.95. The molecule has 1 aromatic heterocycles. The maximum Gasteiger partial charge on any atom is 0.252 e. The van der Waals surface area contributed by atoms with E-state index in [4.69, 9.17) is 0 Å². The van der Waals surface area contributed by atoms with E-state index in [1.807, 2.05) is 72.1 Å². The van der Waals surface area contributed by atoms with Crippen molar-refractivity contribution in [3.8, 4) is 17.3 Å². The molecule has 4 nitrogen and oxygen atoms in total. The molecular weight excluding hydrogens is 410 g/mol. The first kappa shape index (κ1) is 19.9. The Morgan fingerprint density at radius 2 is 1.67 bits per heavy atom. The fourth-order valence-electron chi connectivity index (χ4n) is 2.89. The highest BCUT2D eigenvalue weighted by molar-refractivity contribution is 7.99. The number of amides is 1. The molecule has 1 amide bonds. The predicted molar refractivity (Wildman–Crippen MR) is 120 cm³/mol. The van der Waals surface area contributed by atoms with Crippen molar-refractivity contribution in [2.45, 2.75) is 16.3 Å². The molecular formula is C24H17N3OS2. The van der Waals surface area contributed by atoms with Crippen molar-refractivity contribution in [2.75, 3.05) is 0 Å². The van der Waals surface area contributed by atoms with Gasteiger partial charge in [-0.15, -0.1) is 11.3 Å². The number of nitriles is 1. The lowest BCUT2D eigenvalue weighted by Crippen LogP contribution is -2.23. The summed E-state index contributed by atoms with van der Waals surface area (Å²) in [5.41, 5.74) is 3.14. The van der Waals surface area contributed by atoms with E-state index >= 15 is 0 Å².